The van der Waals surface area contributed by atoms with Crippen LogP contribution in [-0.2, 0) is 23.7 Å². The number of benzene rings is 3. The van der Waals surface area contributed by atoms with Gasteiger partial charge in [0.15, 0.2) is 12.2 Å². The number of carbonyl (C=O) groups excluding carboxylic acids is 3. The molecule has 1 aliphatic rings. The van der Waals surface area contributed by atoms with Crippen LogP contribution in [0.2, 0.25) is 0 Å². The van der Waals surface area contributed by atoms with Crippen molar-refractivity contribution in [3.05, 3.63) is 120 Å². The number of rotatable bonds is 7. The molecule has 0 bridgehead atoms. The van der Waals surface area contributed by atoms with Crippen molar-refractivity contribution in [3.63, 3.8) is 0 Å². The summed E-state index contributed by atoms with van der Waals surface area (Å²) in [6.07, 6.45) is -5.06. The molecule has 0 amide bonds. The smallest absolute Gasteiger partial charge is 0.338 e. The van der Waals surface area contributed by atoms with Crippen molar-refractivity contribution in [2.24, 2.45) is 0 Å². The van der Waals surface area contributed by atoms with Crippen molar-refractivity contribution in [1.82, 2.24) is 0 Å². The van der Waals surface area contributed by atoms with E-state index in [1.165, 1.54) is 7.11 Å². The standard InChI is InChI=1S/C28H24O8/c1-18-22(34-25(29)19-12-6-3-7-13-19)23(35-26(30)20-14-8-4-9-15-20)24(28(32-2)33-18)36-27(31)21-16-10-5-11-17-21/h3-17,22-24,28H,1H2,2H3/t22-,23-,24+,28-/m0/s1. The Hall–Kier alpha value is -4.43. The molecular weight excluding hydrogens is 464 g/mol. The SMILES string of the molecule is C=C1O[C@H](OC)[C@H](OC(=O)c2ccccc2)[C@@H](OC(=O)c2ccccc2)[C@H]1OC(=O)c1ccccc1. The summed E-state index contributed by atoms with van der Waals surface area (Å²) in [6, 6.07) is 24.8. The zero-order valence-electron chi connectivity index (χ0n) is 19.4. The molecular formula is C28H24O8. The summed E-state index contributed by atoms with van der Waals surface area (Å²) in [4.78, 5) is 38.8. The van der Waals surface area contributed by atoms with Gasteiger partial charge in [0.25, 0.3) is 0 Å². The van der Waals surface area contributed by atoms with Gasteiger partial charge in [0.1, 0.15) is 5.76 Å². The Kier molecular flexibility index (Phi) is 7.77. The third-order valence-corrected chi connectivity index (χ3v) is 5.46. The molecule has 36 heavy (non-hydrogen) atoms. The maximum absolute atomic E-state index is 13.0. The van der Waals surface area contributed by atoms with Gasteiger partial charge in [-0.1, -0.05) is 61.2 Å². The summed E-state index contributed by atoms with van der Waals surface area (Å²) in [5, 5.41) is 0. The van der Waals surface area contributed by atoms with Crippen LogP contribution in [0.25, 0.3) is 0 Å². The van der Waals surface area contributed by atoms with Crippen LogP contribution < -0.4 is 0 Å². The largest absolute Gasteiger partial charge is 0.462 e. The Morgan fingerprint density at radius 2 is 1.03 bits per heavy atom. The van der Waals surface area contributed by atoms with Gasteiger partial charge in [-0.15, -0.1) is 0 Å². The number of esters is 3. The van der Waals surface area contributed by atoms with Gasteiger partial charge in [-0.25, -0.2) is 14.4 Å². The summed E-state index contributed by atoms with van der Waals surface area (Å²) < 4.78 is 28.2. The zero-order chi connectivity index (χ0) is 25.5. The third kappa shape index (κ3) is 5.61. The van der Waals surface area contributed by atoms with Crippen molar-refractivity contribution < 1.29 is 38.1 Å². The van der Waals surface area contributed by atoms with Gasteiger partial charge in [-0.05, 0) is 36.4 Å². The number of ether oxygens (including phenoxy) is 5. The van der Waals surface area contributed by atoms with Crippen LogP contribution in [0.4, 0.5) is 0 Å². The fourth-order valence-electron chi connectivity index (χ4n) is 3.65. The van der Waals surface area contributed by atoms with Gasteiger partial charge >= 0.3 is 17.9 Å². The molecule has 1 fully saturated rings. The first kappa shape index (κ1) is 24.7. The highest BCUT2D eigenvalue weighted by molar-refractivity contribution is 5.91. The van der Waals surface area contributed by atoms with E-state index < -0.39 is 42.5 Å². The molecule has 8 nitrogen and oxygen atoms in total. The molecule has 184 valence electrons. The predicted molar refractivity (Wildman–Crippen MR) is 128 cm³/mol. The molecule has 8 heteroatoms. The summed E-state index contributed by atoms with van der Waals surface area (Å²) in [5.74, 6) is -2.14. The lowest BCUT2D eigenvalue weighted by molar-refractivity contribution is -0.234. The summed E-state index contributed by atoms with van der Waals surface area (Å²) in [6.45, 7) is 3.83. The first-order valence-corrected chi connectivity index (χ1v) is 11.1. The van der Waals surface area contributed by atoms with Gasteiger partial charge < -0.3 is 23.7 Å². The van der Waals surface area contributed by atoms with E-state index >= 15 is 0 Å². The highest BCUT2D eigenvalue weighted by atomic mass is 16.7. The second-order valence-electron chi connectivity index (χ2n) is 7.85. The van der Waals surface area contributed by atoms with Crippen molar-refractivity contribution in [2.45, 2.75) is 24.6 Å². The number of hydrogen-bond donors (Lipinski definition) is 0. The molecule has 0 aliphatic carbocycles. The average molecular weight is 488 g/mol. The first-order valence-electron chi connectivity index (χ1n) is 11.1. The van der Waals surface area contributed by atoms with Crippen molar-refractivity contribution in [1.29, 1.82) is 0 Å². The van der Waals surface area contributed by atoms with E-state index in [2.05, 4.69) is 6.58 Å². The van der Waals surface area contributed by atoms with Crippen LogP contribution in [-0.4, -0.2) is 49.6 Å². The van der Waals surface area contributed by atoms with Crippen molar-refractivity contribution >= 4 is 17.9 Å². The van der Waals surface area contributed by atoms with Crippen molar-refractivity contribution in [2.75, 3.05) is 7.11 Å². The molecule has 0 spiro atoms. The topological polar surface area (TPSA) is 97.4 Å². The van der Waals surface area contributed by atoms with Crippen LogP contribution in [0.5, 0.6) is 0 Å². The minimum absolute atomic E-state index is 0.0241. The predicted octanol–water partition coefficient (Wildman–Crippen LogP) is 4.18. The second-order valence-corrected chi connectivity index (χ2v) is 7.85. The van der Waals surface area contributed by atoms with E-state index in [0.717, 1.165) is 0 Å². The fraction of sp³-hybridized carbons (Fsp3) is 0.179. The molecule has 1 aliphatic heterocycles. The van der Waals surface area contributed by atoms with E-state index in [4.69, 9.17) is 23.7 Å². The molecule has 0 aromatic heterocycles. The van der Waals surface area contributed by atoms with Crippen LogP contribution >= 0.6 is 0 Å². The van der Waals surface area contributed by atoms with E-state index in [1.807, 2.05) is 0 Å². The van der Waals surface area contributed by atoms with Gasteiger partial charge in [-0.2, -0.15) is 0 Å². The third-order valence-electron chi connectivity index (χ3n) is 5.46. The Morgan fingerprint density at radius 3 is 1.44 bits per heavy atom. The first-order chi connectivity index (χ1) is 17.5. The van der Waals surface area contributed by atoms with Crippen LogP contribution in [0, 0.1) is 0 Å². The summed E-state index contributed by atoms with van der Waals surface area (Å²) in [5.41, 5.74) is 0.790. The average Bonchev–Trinajstić information content (AvgIpc) is 2.93. The minimum Gasteiger partial charge on any atom is -0.462 e. The van der Waals surface area contributed by atoms with Gasteiger partial charge in [0, 0.05) is 7.11 Å². The Bertz CT molecular complexity index is 1210. The Labute approximate surface area is 208 Å². The number of carbonyl (C=O) groups is 3. The molecule has 3 aromatic rings. The van der Waals surface area contributed by atoms with E-state index in [1.54, 1.807) is 91.0 Å². The fourth-order valence-corrected chi connectivity index (χ4v) is 3.65. The lowest BCUT2D eigenvalue weighted by Gasteiger charge is -2.41. The Balaban J connectivity index is 1.66. The summed E-state index contributed by atoms with van der Waals surface area (Å²) >= 11 is 0. The van der Waals surface area contributed by atoms with Gasteiger partial charge in [0.2, 0.25) is 12.4 Å². The molecule has 0 saturated carbocycles. The molecule has 4 atom stereocenters. The molecule has 1 saturated heterocycles. The zero-order valence-corrected chi connectivity index (χ0v) is 19.4. The number of hydrogen-bond acceptors (Lipinski definition) is 8. The molecule has 0 unspecified atom stereocenters. The molecule has 3 aromatic carbocycles. The van der Waals surface area contributed by atoms with Crippen molar-refractivity contribution in [3.8, 4) is 0 Å². The molecule has 0 N–H and O–H groups in total. The highest BCUT2D eigenvalue weighted by Crippen LogP contribution is 2.32. The minimum atomic E-state index is -1.32. The molecule has 0 radical (unpaired) electrons. The Morgan fingerprint density at radius 1 is 0.639 bits per heavy atom. The van der Waals surface area contributed by atoms with E-state index in [9.17, 15) is 14.4 Å². The van der Waals surface area contributed by atoms with E-state index in [0.29, 0.717) is 0 Å². The monoisotopic (exact) mass is 488 g/mol. The maximum Gasteiger partial charge on any atom is 0.338 e. The van der Waals surface area contributed by atoms with Crippen LogP contribution in [0.3, 0.4) is 0 Å². The number of methoxy groups -OCH3 is 1. The molecule has 4 rings (SSSR count). The highest BCUT2D eigenvalue weighted by Gasteiger charge is 2.50. The van der Waals surface area contributed by atoms with Gasteiger partial charge in [0.05, 0.1) is 16.7 Å². The van der Waals surface area contributed by atoms with Gasteiger partial charge in [-0.3, -0.25) is 0 Å². The van der Waals surface area contributed by atoms with Crippen LogP contribution in [0.1, 0.15) is 31.1 Å². The summed E-state index contributed by atoms with van der Waals surface area (Å²) in [7, 11) is 1.34. The molecule has 1 heterocycles. The lowest BCUT2D eigenvalue weighted by atomic mass is 10.0. The lowest BCUT2D eigenvalue weighted by Crippen LogP contribution is -2.57. The normalized spacial score (nSPS) is 21.1. The quantitative estimate of drug-likeness (QED) is 0.361. The van der Waals surface area contributed by atoms with Crippen LogP contribution in [0.15, 0.2) is 103 Å². The van der Waals surface area contributed by atoms with E-state index in [-0.39, 0.29) is 22.4 Å². The maximum atomic E-state index is 13.0. The second kappa shape index (κ2) is 11.3.